The van der Waals surface area contributed by atoms with Gasteiger partial charge in [-0.2, -0.15) is 0 Å². The first-order chi connectivity index (χ1) is 12.3. The number of nitrogens with one attached hydrogen (secondary N) is 1. The lowest BCUT2D eigenvalue weighted by molar-refractivity contribution is -0.0273. The monoisotopic (exact) mass is 346 g/mol. The molecule has 1 unspecified atom stereocenters. The fraction of sp³-hybridized carbons (Fsp3) is 0.650. The van der Waals surface area contributed by atoms with E-state index in [0.29, 0.717) is 26.3 Å². The summed E-state index contributed by atoms with van der Waals surface area (Å²) in [5.74, 6) is 0.810. The largest absolute Gasteiger partial charge is 0.445 e. The number of ether oxygens (including phenoxy) is 2. The molecule has 138 valence electrons. The Morgan fingerprint density at radius 3 is 2.76 bits per heavy atom. The maximum absolute atomic E-state index is 12.3. The zero-order chi connectivity index (χ0) is 17.3. The molecule has 1 aromatic rings. The number of carbonyl (C=O) groups excluding carboxylic acids is 1. The number of amides is 1. The van der Waals surface area contributed by atoms with Crippen LogP contribution in [0.1, 0.15) is 37.7 Å². The van der Waals surface area contributed by atoms with Gasteiger partial charge < -0.3 is 19.7 Å². The van der Waals surface area contributed by atoms with Crippen molar-refractivity contribution in [1.82, 2.24) is 10.2 Å². The minimum absolute atomic E-state index is 0.0571. The average Bonchev–Trinajstić information content (AvgIpc) is 2.68. The van der Waals surface area contributed by atoms with Gasteiger partial charge >= 0.3 is 6.09 Å². The molecular weight excluding hydrogens is 316 g/mol. The van der Waals surface area contributed by atoms with Gasteiger partial charge in [0.15, 0.2) is 0 Å². The fourth-order valence-electron chi connectivity index (χ4n) is 3.66. The molecule has 25 heavy (non-hydrogen) atoms. The molecule has 1 aromatic carbocycles. The quantitative estimate of drug-likeness (QED) is 0.859. The molecule has 5 nitrogen and oxygen atoms in total. The van der Waals surface area contributed by atoms with E-state index in [4.69, 9.17) is 9.47 Å². The summed E-state index contributed by atoms with van der Waals surface area (Å²) >= 11 is 0. The number of rotatable bonds is 6. The number of carbonyl (C=O) groups is 1. The number of benzene rings is 1. The van der Waals surface area contributed by atoms with Gasteiger partial charge in [-0.15, -0.1) is 0 Å². The normalized spacial score (nSPS) is 21.9. The van der Waals surface area contributed by atoms with Crippen molar-refractivity contribution in [3.05, 3.63) is 35.9 Å². The molecule has 0 aromatic heterocycles. The van der Waals surface area contributed by atoms with Crippen molar-refractivity contribution in [3.63, 3.8) is 0 Å². The number of hydrogen-bond acceptors (Lipinski definition) is 4. The molecule has 0 radical (unpaired) electrons. The summed E-state index contributed by atoms with van der Waals surface area (Å²) in [6, 6.07) is 9.78. The fourth-order valence-corrected chi connectivity index (χ4v) is 3.66. The minimum Gasteiger partial charge on any atom is -0.445 e. The van der Waals surface area contributed by atoms with Gasteiger partial charge in [0.05, 0.1) is 19.3 Å². The molecule has 0 bridgehead atoms. The van der Waals surface area contributed by atoms with Crippen LogP contribution in [0.15, 0.2) is 30.3 Å². The van der Waals surface area contributed by atoms with Gasteiger partial charge in [-0.25, -0.2) is 4.79 Å². The highest BCUT2D eigenvalue weighted by Crippen LogP contribution is 2.22. The molecule has 1 amide bonds. The van der Waals surface area contributed by atoms with Crippen LogP contribution in [0.2, 0.25) is 0 Å². The molecule has 1 atom stereocenters. The van der Waals surface area contributed by atoms with E-state index in [-0.39, 0.29) is 12.2 Å². The second kappa shape index (κ2) is 9.78. The van der Waals surface area contributed by atoms with Crippen molar-refractivity contribution in [3.8, 4) is 0 Å². The molecule has 5 heteroatoms. The Labute approximate surface area is 150 Å². The summed E-state index contributed by atoms with van der Waals surface area (Å²) in [7, 11) is 0. The Hall–Kier alpha value is -1.59. The average molecular weight is 346 g/mol. The Bertz CT molecular complexity index is 517. The maximum Gasteiger partial charge on any atom is 0.410 e. The molecule has 0 spiro atoms. The van der Waals surface area contributed by atoms with Crippen molar-refractivity contribution < 1.29 is 14.3 Å². The van der Waals surface area contributed by atoms with Crippen LogP contribution in [0, 0.1) is 5.92 Å². The van der Waals surface area contributed by atoms with E-state index in [1.54, 1.807) is 4.90 Å². The van der Waals surface area contributed by atoms with Gasteiger partial charge in [0, 0.05) is 13.1 Å². The third kappa shape index (κ3) is 6.01. The zero-order valence-corrected chi connectivity index (χ0v) is 15.0. The zero-order valence-electron chi connectivity index (χ0n) is 15.0. The molecule has 1 aliphatic heterocycles. The number of hydrogen-bond donors (Lipinski definition) is 1. The van der Waals surface area contributed by atoms with Crippen molar-refractivity contribution >= 4 is 6.09 Å². The second-order valence-electron chi connectivity index (χ2n) is 7.14. The summed E-state index contributed by atoms with van der Waals surface area (Å²) in [6.45, 7) is 3.98. The SMILES string of the molecule is O=C(OCc1ccccc1)N1CCOC(CNCC2CCCCC2)C1. The molecular formula is C20H30N2O3. The van der Waals surface area contributed by atoms with Crippen molar-refractivity contribution in [2.24, 2.45) is 5.92 Å². The van der Waals surface area contributed by atoms with Crippen LogP contribution in [0.5, 0.6) is 0 Å². The third-order valence-corrected chi connectivity index (χ3v) is 5.13. The highest BCUT2D eigenvalue weighted by molar-refractivity contribution is 5.67. The van der Waals surface area contributed by atoms with Crippen molar-refractivity contribution in [2.75, 3.05) is 32.8 Å². The lowest BCUT2D eigenvalue weighted by Crippen LogP contribution is -2.49. The smallest absolute Gasteiger partial charge is 0.410 e. The second-order valence-corrected chi connectivity index (χ2v) is 7.14. The summed E-state index contributed by atoms with van der Waals surface area (Å²) in [6.07, 6.45) is 6.63. The van der Waals surface area contributed by atoms with E-state index in [0.717, 1.165) is 24.6 Å². The molecule has 1 heterocycles. The number of nitrogens with zero attached hydrogens (tertiary/aromatic N) is 1. The first kappa shape index (κ1) is 18.2. The van der Waals surface area contributed by atoms with Crippen LogP contribution in [-0.2, 0) is 16.1 Å². The molecule has 1 saturated carbocycles. The first-order valence-corrected chi connectivity index (χ1v) is 9.59. The van der Waals surface area contributed by atoms with Gasteiger partial charge in [0.2, 0.25) is 0 Å². The summed E-state index contributed by atoms with van der Waals surface area (Å²) in [4.78, 5) is 14.0. The van der Waals surface area contributed by atoms with E-state index in [1.807, 2.05) is 30.3 Å². The Morgan fingerprint density at radius 1 is 1.16 bits per heavy atom. The molecule has 2 aliphatic rings. The summed E-state index contributed by atoms with van der Waals surface area (Å²) in [5, 5.41) is 3.54. The standard InChI is InChI=1S/C20H30N2O3/c23-20(25-16-18-9-5-2-6-10-18)22-11-12-24-19(15-22)14-21-13-17-7-3-1-4-8-17/h2,5-6,9-10,17,19,21H,1,3-4,7-8,11-16H2. The number of morpholine rings is 1. The first-order valence-electron chi connectivity index (χ1n) is 9.59. The lowest BCUT2D eigenvalue weighted by Gasteiger charge is -2.33. The highest BCUT2D eigenvalue weighted by Gasteiger charge is 2.25. The van der Waals surface area contributed by atoms with Gasteiger partial charge in [0.1, 0.15) is 6.61 Å². The molecule has 1 saturated heterocycles. The van der Waals surface area contributed by atoms with Gasteiger partial charge in [-0.1, -0.05) is 49.6 Å². The predicted molar refractivity (Wildman–Crippen MR) is 97.4 cm³/mol. The van der Waals surface area contributed by atoms with Crippen molar-refractivity contribution in [2.45, 2.75) is 44.8 Å². The Kier molecular flexibility index (Phi) is 7.12. The van der Waals surface area contributed by atoms with E-state index in [2.05, 4.69) is 5.32 Å². The Morgan fingerprint density at radius 2 is 1.96 bits per heavy atom. The molecule has 1 N–H and O–H groups in total. The third-order valence-electron chi connectivity index (χ3n) is 5.13. The van der Waals surface area contributed by atoms with E-state index in [1.165, 1.54) is 32.1 Å². The highest BCUT2D eigenvalue weighted by atomic mass is 16.6. The van der Waals surface area contributed by atoms with Crippen LogP contribution < -0.4 is 5.32 Å². The van der Waals surface area contributed by atoms with Crippen molar-refractivity contribution in [1.29, 1.82) is 0 Å². The van der Waals surface area contributed by atoms with Crippen LogP contribution in [0.4, 0.5) is 4.79 Å². The lowest BCUT2D eigenvalue weighted by atomic mass is 9.89. The van der Waals surface area contributed by atoms with E-state index in [9.17, 15) is 4.79 Å². The van der Waals surface area contributed by atoms with Gasteiger partial charge in [0.25, 0.3) is 0 Å². The molecule has 1 aliphatic carbocycles. The Balaban J connectivity index is 1.36. The van der Waals surface area contributed by atoms with Gasteiger partial charge in [-0.05, 0) is 30.9 Å². The topological polar surface area (TPSA) is 50.8 Å². The van der Waals surface area contributed by atoms with Crippen LogP contribution in [-0.4, -0.2) is 49.9 Å². The van der Waals surface area contributed by atoms with Crippen LogP contribution in [0.3, 0.4) is 0 Å². The molecule has 3 rings (SSSR count). The van der Waals surface area contributed by atoms with Crippen LogP contribution in [0.25, 0.3) is 0 Å². The predicted octanol–water partition coefficient (Wildman–Crippen LogP) is 3.19. The van der Waals surface area contributed by atoms with Crippen LogP contribution >= 0.6 is 0 Å². The van der Waals surface area contributed by atoms with E-state index >= 15 is 0 Å². The van der Waals surface area contributed by atoms with Gasteiger partial charge in [-0.3, -0.25) is 0 Å². The van der Waals surface area contributed by atoms with E-state index < -0.39 is 0 Å². The summed E-state index contributed by atoms with van der Waals surface area (Å²) in [5.41, 5.74) is 1.01. The molecule has 2 fully saturated rings. The summed E-state index contributed by atoms with van der Waals surface area (Å²) < 4.78 is 11.2. The maximum atomic E-state index is 12.3. The minimum atomic E-state index is -0.246.